The molecule has 0 saturated heterocycles. The summed E-state index contributed by atoms with van der Waals surface area (Å²) in [7, 11) is 0. The molecule has 1 aliphatic rings. The fraction of sp³-hybridized carbons (Fsp3) is 0.316. The molecule has 0 aromatic heterocycles. The number of carbonyl (C=O) groups is 1. The van der Waals surface area contributed by atoms with Gasteiger partial charge in [0, 0.05) is 11.1 Å². The third-order valence-electron chi connectivity index (χ3n) is 4.16. The largest absolute Gasteiger partial charge is 0.507 e. The van der Waals surface area contributed by atoms with Crippen molar-refractivity contribution in [2.75, 3.05) is 0 Å². The van der Waals surface area contributed by atoms with Crippen LogP contribution in [-0.2, 0) is 5.60 Å². The van der Waals surface area contributed by atoms with Crippen LogP contribution in [-0.4, -0.2) is 21.6 Å². The van der Waals surface area contributed by atoms with Crippen LogP contribution in [0.15, 0.2) is 30.3 Å². The van der Waals surface area contributed by atoms with Gasteiger partial charge in [0.15, 0.2) is 5.78 Å². The third-order valence-corrected chi connectivity index (χ3v) is 4.16. The van der Waals surface area contributed by atoms with Crippen LogP contribution in [0.25, 0.3) is 11.1 Å². The van der Waals surface area contributed by atoms with Gasteiger partial charge in [-0.25, -0.2) is 4.39 Å². The molecule has 126 valence electrons. The first kappa shape index (κ1) is 16.5. The van der Waals surface area contributed by atoms with Crippen molar-refractivity contribution in [3.05, 3.63) is 47.3 Å². The highest BCUT2D eigenvalue weighted by atomic mass is 19.1. The van der Waals surface area contributed by atoms with Crippen LogP contribution in [0.1, 0.15) is 43.6 Å². The first-order valence-corrected chi connectivity index (χ1v) is 7.64. The minimum Gasteiger partial charge on any atom is -0.507 e. The third kappa shape index (κ3) is 2.55. The van der Waals surface area contributed by atoms with E-state index in [1.807, 2.05) is 13.8 Å². The van der Waals surface area contributed by atoms with Crippen molar-refractivity contribution in [3.63, 3.8) is 0 Å². The Hall–Kier alpha value is -2.40. The summed E-state index contributed by atoms with van der Waals surface area (Å²) in [5.74, 6) is -0.867. The fourth-order valence-corrected chi connectivity index (χ4v) is 3.01. The van der Waals surface area contributed by atoms with Crippen molar-refractivity contribution >= 4 is 5.78 Å². The lowest BCUT2D eigenvalue weighted by molar-refractivity contribution is 0.0486. The van der Waals surface area contributed by atoms with Gasteiger partial charge in [-0.05, 0) is 57.5 Å². The number of carbonyl (C=O) groups excluding carboxylic acids is 1. The topological polar surface area (TPSA) is 66.8 Å². The molecule has 0 spiro atoms. The molecule has 0 radical (unpaired) electrons. The van der Waals surface area contributed by atoms with E-state index in [-0.39, 0.29) is 17.1 Å². The Morgan fingerprint density at radius 1 is 1.21 bits per heavy atom. The van der Waals surface area contributed by atoms with E-state index < -0.39 is 22.8 Å². The van der Waals surface area contributed by atoms with Crippen LogP contribution in [0.5, 0.6) is 11.5 Å². The average molecular weight is 330 g/mol. The lowest BCUT2D eigenvalue weighted by Gasteiger charge is -2.35. The number of hydrogen-bond donors (Lipinski definition) is 2. The van der Waals surface area contributed by atoms with E-state index in [9.17, 15) is 19.4 Å². The van der Waals surface area contributed by atoms with Crippen molar-refractivity contribution < 1.29 is 24.1 Å². The average Bonchev–Trinajstić information content (AvgIpc) is 2.43. The SMILES string of the molecule is CC(C)(O)C(=O)c1cc(O)c2c(c1)OC(C)(C)c1ccc(F)cc1-2. The number of aromatic hydroxyl groups is 1. The molecule has 2 aromatic rings. The molecule has 1 aliphatic heterocycles. The quantitative estimate of drug-likeness (QED) is 0.823. The van der Waals surface area contributed by atoms with Gasteiger partial charge in [0.05, 0.1) is 5.56 Å². The Kier molecular flexibility index (Phi) is 3.46. The second kappa shape index (κ2) is 5.05. The maximum Gasteiger partial charge on any atom is 0.194 e. The van der Waals surface area contributed by atoms with E-state index in [0.29, 0.717) is 11.1 Å². The first-order valence-electron chi connectivity index (χ1n) is 7.64. The first-order chi connectivity index (χ1) is 11.0. The molecule has 1 heterocycles. The maximum atomic E-state index is 13.7. The number of ether oxygens (including phenoxy) is 1. The molecular weight excluding hydrogens is 311 g/mol. The van der Waals surface area contributed by atoms with Gasteiger partial charge >= 0.3 is 0 Å². The lowest BCUT2D eigenvalue weighted by Crippen LogP contribution is -2.32. The van der Waals surface area contributed by atoms with Crippen LogP contribution in [0.3, 0.4) is 0 Å². The molecule has 0 amide bonds. The molecule has 4 nitrogen and oxygen atoms in total. The van der Waals surface area contributed by atoms with E-state index in [0.717, 1.165) is 5.56 Å². The Morgan fingerprint density at radius 3 is 2.50 bits per heavy atom. The molecular formula is C19H19FO4. The number of benzene rings is 2. The second-order valence-corrected chi connectivity index (χ2v) is 7.06. The van der Waals surface area contributed by atoms with Gasteiger partial charge in [-0.3, -0.25) is 4.79 Å². The van der Waals surface area contributed by atoms with Crippen molar-refractivity contribution in [2.45, 2.75) is 38.9 Å². The normalized spacial score (nSPS) is 15.2. The molecule has 24 heavy (non-hydrogen) atoms. The van der Waals surface area contributed by atoms with Gasteiger partial charge < -0.3 is 14.9 Å². The summed E-state index contributed by atoms with van der Waals surface area (Å²) in [5, 5.41) is 20.3. The molecule has 0 fully saturated rings. The Labute approximate surface area is 139 Å². The van der Waals surface area contributed by atoms with Gasteiger partial charge in [0.2, 0.25) is 0 Å². The summed E-state index contributed by atoms with van der Waals surface area (Å²) >= 11 is 0. The minimum atomic E-state index is -1.57. The smallest absolute Gasteiger partial charge is 0.194 e. The zero-order chi connectivity index (χ0) is 17.9. The van der Waals surface area contributed by atoms with E-state index in [4.69, 9.17) is 4.74 Å². The van der Waals surface area contributed by atoms with Crippen LogP contribution < -0.4 is 4.74 Å². The predicted molar refractivity (Wildman–Crippen MR) is 87.8 cm³/mol. The highest BCUT2D eigenvalue weighted by Crippen LogP contribution is 2.49. The van der Waals surface area contributed by atoms with Crippen molar-refractivity contribution in [3.8, 4) is 22.6 Å². The number of hydrogen-bond acceptors (Lipinski definition) is 4. The Morgan fingerprint density at radius 2 is 1.88 bits per heavy atom. The second-order valence-electron chi connectivity index (χ2n) is 7.06. The van der Waals surface area contributed by atoms with Gasteiger partial charge in [-0.2, -0.15) is 0 Å². The molecule has 0 saturated carbocycles. The summed E-state index contributed by atoms with van der Waals surface area (Å²) in [4.78, 5) is 12.3. The number of phenolic OH excluding ortho intramolecular Hbond substituents is 1. The van der Waals surface area contributed by atoms with E-state index in [2.05, 4.69) is 0 Å². The van der Waals surface area contributed by atoms with Gasteiger partial charge in [0.25, 0.3) is 0 Å². The van der Waals surface area contributed by atoms with E-state index in [1.54, 1.807) is 6.07 Å². The van der Waals surface area contributed by atoms with Crippen LogP contribution in [0.4, 0.5) is 4.39 Å². The van der Waals surface area contributed by atoms with Crippen molar-refractivity contribution in [2.24, 2.45) is 0 Å². The maximum absolute atomic E-state index is 13.7. The monoisotopic (exact) mass is 330 g/mol. The number of aliphatic hydroxyl groups is 1. The zero-order valence-corrected chi connectivity index (χ0v) is 14.0. The molecule has 0 aliphatic carbocycles. The molecule has 0 atom stereocenters. The van der Waals surface area contributed by atoms with Gasteiger partial charge in [0.1, 0.15) is 28.5 Å². The van der Waals surface area contributed by atoms with Crippen molar-refractivity contribution in [1.82, 2.24) is 0 Å². The van der Waals surface area contributed by atoms with Crippen LogP contribution >= 0.6 is 0 Å². The summed E-state index contributed by atoms with van der Waals surface area (Å²) in [6.45, 7) is 6.41. The Bertz CT molecular complexity index is 847. The molecule has 3 rings (SSSR count). The highest BCUT2D eigenvalue weighted by molar-refractivity contribution is 6.03. The molecule has 0 bridgehead atoms. The van der Waals surface area contributed by atoms with Crippen LogP contribution in [0, 0.1) is 5.82 Å². The van der Waals surface area contributed by atoms with Crippen LogP contribution in [0.2, 0.25) is 0 Å². The van der Waals surface area contributed by atoms with Gasteiger partial charge in [-0.15, -0.1) is 0 Å². The number of Topliss-reactive ketones (excluding diaryl/α,β-unsaturated/α-hetero) is 1. The van der Waals surface area contributed by atoms with Crippen molar-refractivity contribution in [1.29, 1.82) is 0 Å². The van der Waals surface area contributed by atoms with E-state index >= 15 is 0 Å². The number of phenols is 1. The number of ketones is 1. The standard InChI is InChI=1S/C19H19FO4/c1-18(2,23)17(22)10-7-14(21)16-12-9-11(20)5-6-13(12)19(3,4)24-15(16)8-10/h5-9,21,23H,1-4H3. The highest BCUT2D eigenvalue weighted by Gasteiger charge is 2.36. The summed E-state index contributed by atoms with van der Waals surface area (Å²) in [6, 6.07) is 7.07. The fourth-order valence-electron chi connectivity index (χ4n) is 3.01. The zero-order valence-electron chi connectivity index (χ0n) is 14.0. The minimum absolute atomic E-state index is 0.134. The predicted octanol–water partition coefficient (Wildman–Crippen LogP) is 3.78. The lowest BCUT2D eigenvalue weighted by atomic mass is 9.84. The summed E-state index contributed by atoms with van der Waals surface area (Å²) in [6.07, 6.45) is 0. The Balaban J connectivity index is 2.25. The summed E-state index contributed by atoms with van der Waals surface area (Å²) < 4.78 is 19.7. The molecule has 2 N–H and O–H groups in total. The number of rotatable bonds is 2. The molecule has 5 heteroatoms. The molecule has 0 unspecified atom stereocenters. The van der Waals surface area contributed by atoms with Gasteiger partial charge in [-0.1, -0.05) is 6.07 Å². The molecule has 2 aromatic carbocycles. The van der Waals surface area contributed by atoms with E-state index in [1.165, 1.54) is 38.1 Å². The number of fused-ring (bicyclic) bond motifs is 3. The summed E-state index contributed by atoms with van der Waals surface area (Å²) in [5.41, 5.74) is -0.576. The number of halogens is 1.